The number of nitrogens with zero attached hydrogens (tertiary/aromatic N) is 1. The van der Waals surface area contributed by atoms with Gasteiger partial charge in [0.25, 0.3) is 0 Å². The van der Waals surface area contributed by atoms with E-state index < -0.39 is 32.7 Å². The fourth-order valence-electron chi connectivity index (χ4n) is 2.36. The van der Waals surface area contributed by atoms with Crippen LogP contribution in [0.1, 0.15) is 20.3 Å². The average molecular weight is 371 g/mol. The molecule has 1 fully saturated rings. The molecule has 1 saturated heterocycles. The average Bonchev–Trinajstić information content (AvgIpc) is 2.82. The molecule has 0 aromatic heterocycles. The van der Waals surface area contributed by atoms with Crippen LogP contribution in [0.5, 0.6) is 0 Å². The van der Waals surface area contributed by atoms with Crippen LogP contribution in [0.4, 0.5) is 0 Å². The van der Waals surface area contributed by atoms with Crippen LogP contribution >= 0.6 is 8.38 Å². The van der Waals surface area contributed by atoms with E-state index in [1.807, 2.05) is 19.7 Å². The highest BCUT2D eigenvalue weighted by molar-refractivity contribution is 7.46. The van der Waals surface area contributed by atoms with E-state index in [0.29, 0.717) is 25.4 Å². The fraction of sp³-hybridized carbons (Fsp3) is 0.812. The molecule has 0 N–H and O–H groups in total. The van der Waals surface area contributed by atoms with Gasteiger partial charge in [-0.15, -0.1) is 0 Å². The van der Waals surface area contributed by atoms with E-state index in [4.69, 9.17) is 41.1 Å². The molecular formula is C16H27BNO6P. The summed E-state index contributed by atoms with van der Waals surface area (Å²) >= 11 is 0. The summed E-state index contributed by atoms with van der Waals surface area (Å²) in [6.07, 6.45) is -1.20. The summed E-state index contributed by atoms with van der Waals surface area (Å²) in [5.74, 6) is 0.581. The van der Waals surface area contributed by atoms with Crippen LogP contribution < -0.4 is 0 Å². The van der Waals surface area contributed by atoms with E-state index in [1.165, 1.54) is 0 Å². The molecule has 1 aliphatic heterocycles. The van der Waals surface area contributed by atoms with Crippen molar-refractivity contribution >= 4 is 16.2 Å². The van der Waals surface area contributed by atoms with Gasteiger partial charge in [-0.3, -0.25) is 0 Å². The van der Waals surface area contributed by atoms with Crippen molar-refractivity contribution in [3.63, 3.8) is 0 Å². The molecule has 0 spiro atoms. The highest BCUT2D eigenvalue weighted by Gasteiger charge is 2.45. The van der Waals surface area contributed by atoms with Crippen LogP contribution in [0, 0.1) is 11.3 Å². The fourth-order valence-corrected chi connectivity index (χ4v) is 3.37. The van der Waals surface area contributed by atoms with Gasteiger partial charge in [0.2, 0.25) is 0 Å². The maximum absolute atomic E-state index is 8.60. The van der Waals surface area contributed by atoms with E-state index >= 15 is 0 Å². The van der Waals surface area contributed by atoms with Crippen LogP contribution in [-0.4, -0.2) is 71.9 Å². The van der Waals surface area contributed by atoms with Gasteiger partial charge in [0.05, 0.1) is 37.6 Å². The van der Waals surface area contributed by atoms with Crippen molar-refractivity contribution in [2.45, 2.75) is 50.7 Å². The molecule has 0 aromatic carbocycles. The molecule has 6 atom stereocenters. The normalized spacial score (nSPS) is 28.3. The molecule has 2 radical (unpaired) electrons. The second-order valence-electron chi connectivity index (χ2n) is 5.77. The summed E-state index contributed by atoms with van der Waals surface area (Å²) in [7, 11) is 6.48. The second kappa shape index (κ2) is 11.8. The van der Waals surface area contributed by atoms with Crippen molar-refractivity contribution in [3.05, 3.63) is 12.3 Å². The SMILES string of the molecule is [B]C1OC(COC(=C)C)C(OP(C)OCCC#N)C1OC(C)COC. The van der Waals surface area contributed by atoms with E-state index in [1.54, 1.807) is 14.0 Å². The van der Waals surface area contributed by atoms with Gasteiger partial charge in [0, 0.05) is 19.8 Å². The molecule has 1 rings (SSSR count). The number of hydrogen-bond donors (Lipinski definition) is 0. The zero-order valence-corrected chi connectivity index (χ0v) is 16.2. The highest BCUT2D eigenvalue weighted by atomic mass is 31.2. The molecule has 140 valence electrons. The summed E-state index contributed by atoms with van der Waals surface area (Å²) < 4.78 is 33.9. The van der Waals surface area contributed by atoms with Crippen molar-refractivity contribution < 1.29 is 28.0 Å². The summed E-state index contributed by atoms with van der Waals surface area (Å²) in [6.45, 7) is 10.2. The molecule has 0 saturated carbocycles. The van der Waals surface area contributed by atoms with E-state index in [2.05, 4.69) is 6.58 Å². The highest BCUT2D eigenvalue weighted by Crippen LogP contribution is 2.40. The second-order valence-corrected chi connectivity index (χ2v) is 7.12. The molecular weight excluding hydrogens is 344 g/mol. The number of nitriles is 1. The lowest BCUT2D eigenvalue weighted by Crippen LogP contribution is -2.41. The Kier molecular flexibility index (Phi) is 10.6. The van der Waals surface area contributed by atoms with Crippen molar-refractivity contribution in [2.24, 2.45) is 0 Å². The molecule has 7 nitrogen and oxygen atoms in total. The third-order valence-electron chi connectivity index (χ3n) is 3.39. The van der Waals surface area contributed by atoms with Gasteiger partial charge >= 0.3 is 0 Å². The van der Waals surface area contributed by atoms with Gasteiger partial charge in [-0.1, -0.05) is 6.58 Å². The lowest BCUT2D eigenvalue weighted by atomic mass is 9.92. The van der Waals surface area contributed by atoms with Gasteiger partial charge in [-0.2, -0.15) is 5.26 Å². The first-order valence-electron chi connectivity index (χ1n) is 8.13. The first kappa shape index (κ1) is 22.4. The van der Waals surface area contributed by atoms with Gasteiger partial charge in [-0.05, 0) is 13.8 Å². The number of methoxy groups -OCH3 is 1. The topological polar surface area (TPSA) is 79.2 Å². The Bertz CT molecular complexity index is 449. The van der Waals surface area contributed by atoms with Crippen molar-refractivity contribution in [1.82, 2.24) is 0 Å². The van der Waals surface area contributed by atoms with Crippen LogP contribution in [0.3, 0.4) is 0 Å². The lowest BCUT2D eigenvalue weighted by molar-refractivity contribution is -0.0744. The largest absolute Gasteiger partial charge is 0.496 e. The molecule has 9 heteroatoms. The smallest absolute Gasteiger partial charge is 0.167 e. The zero-order chi connectivity index (χ0) is 18.8. The Hall–Kier alpha value is -0.675. The number of ether oxygens (including phenoxy) is 4. The summed E-state index contributed by atoms with van der Waals surface area (Å²) in [5.41, 5.74) is 0. The van der Waals surface area contributed by atoms with Gasteiger partial charge in [0.15, 0.2) is 8.38 Å². The molecule has 6 unspecified atom stereocenters. The summed E-state index contributed by atoms with van der Waals surface area (Å²) in [4.78, 5) is 0. The zero-order valence-electron chi connectivity index (χ0n) is 15.3. The Balaban J connectivity index is 2.73. The van der Waals surface area contributed by atoms with E-state index in [0.717, 1.165) is 0 Å². The number of hydrogen-bond acceptors (Lipinski definition) is 7. The predicted molar refractivity (Wildman–Crippen MR) is 95.3 cm³/mol. The third-order valence-corrected chi connectivity index (χ3v) is 4.47. The van der Waals surface area contributed by atoms with Gasteiger partial charge < -0.3 is 28.0 Å². The van der Waals surface area contributed by atoms with Crippen LogP contribution in [-0.2, 0) is 28.0 Å². The summed E-state index contributed by atoms with van der Waals surface area (Å²) in [5, 5.41) is 8.60. The molecule has 0 bridgehead atoms. The Morgan fingerprint density at radius 3 is 2.76 bits per heavy atom. The minimum Gasteiger partial charge on any atom is -0.496 e. The minimum atomic E-state index is -1.21. The Labute approximate surface area is 152 Å². The lowest BCUT2D eigenvalue weighted by Gasteiger charge is -2.28. The van der Waals surface area contributed by atoms with Crippen LogP contribution in [0.2, 0.25) is 0 Å². The monoisotopic (exact) mass is 371 g/mol. The quantitative estimate of drug-likeness (QED) is 0.225. The van der Waals surface area contributed by atoms with E-state index in [9.17, 15) is 0 Å². The van der Waals surface area contributed by atoms with Crippen LogP contribution in [0.25, 0.3) is 0 Å². The molecule has 0 aliphatic carbocycles. The molecule has 1 heterocycles. The first-order chi connectivity index (χ1) is 11.9. The minimum absolute atomic E-state index is 0.167. The van der Waals surface area contributed by atoms with E-state index in [-0.39, 0.29) is 12.7 Å². The van der Waals surface area contributed by atoms with Crippen molar-refractivity contribution in [1.29, 1.82) is 5.26 Å². The maximum atomic E-state index is 8.60. The number of allylic oxidation sites excluding steroid dienone is 1. The molecule has 0 aromatic rings. The van der Waals surface area contributed by atoms with Gasteiger partial charge in [-0.25, -0.2) is 0 Å². The number of rotatable bonds is 12. The molecule has 1 aliphatic rings. The maximum Gasteiger partial charge on any atom is 0.167 e. The van der Waals surface area contributed by atoms with Gasteiger partial charge in [0.1, 0.15) is 32.8 Å². The Morgan fingerprint density at radius 1 is 1.44 bits per heavy atom. The standard InChI is InChI=1S/C16H27BNO6P/c1-11(2)20-10-13-14(24-25(5)21-8-6-7-18)15(16(17)23-13)22-12(3)9-19-4/h12-16H,1,6,8-10H2,2-5H3. The predicted octanol–water partition coefficient (Wildman–Crippen LogP) is 2.11. The van der Waals surface area contributed by atoms with Crippen molar-refractivity contribution in [3.8, 4) is 6.07 Å². The van der Waals surface area contributed by atoms with Crippen LogP contribution in [0.15, 0.2) is 12.3 Å². The third kappa shape index (κ3) is 8.04. The van der Waals surface area contributed by atoms with Crippen molar-refractivity contribution in [2.75, 3.05) is 33.6 Å². The molecule has 25 heavy (non-hydrogen) atoms. The molecule has 0 amide bonds. The first-order valence-corrected chi connectivity index (χ1v) is 9.75. The summed E-state index contributed by atoms with van der Waals surface area (Å²) in [6, 6.07) is 1.38. The Morgan fingerprint density at radius 2 is 2.16 bits per heavy atom.